The fraction of sp³-hybridized carbons (Fsp3) is 0.286. The van der Waals surface area contributed by atoms with E-state index in [-0.39, 0.29) is 17.7 Å². The maximum atomic E-state index is 13.0. The van der Waals surface area contributed by atoms with E-state index >= 15 is 0 Å². The second kappa shape index (κ2) is 11.5. The van der Waals surface area contributed by atoms with Crippen molar-refractivity contribution in [2.75, 3.05) is 41.8 Å². The number of hydrogen-bond acceptors (Lipinski definition) is 6. The number of benzene rings is 2. The summed E-state index contributed by atoms with van der Waals surface area (Å²) in [5, 5.41) is 14.8. The lowest BCUT2D eigenvalue weighted by Gasteiger charge is -2.27. The Morgan fingerprint density at radius 3 is 2.61 bits per heavy atom. The number of morpholine rings is 1. The molecule has 2 N–H and O–H groups in total. The van der Waals surface area contributed by atoms with Crippen LogP contribution in [0.4, 0.5) is 17.2 Å². The van der Waals surface area contributed by atoms with Gasteiger partial charge in [0.1, 0.15) is 11.5 Å². The van der Waals surface area contributed by atoms with E-state index < -0.39 is 0 Å². The van der Waals surface area contributed by atoms with Gasteiger partial charge in [0.15, 0.2) is 0 Å². The van der Waals surface area contributed by atoms with Gasteiger partial charge in [0.2, 0.25) is 0 Å². The number of amides is 2. The molecule has 8 nitrogen and oxygen atoms in total. The highest BCUT2D eigenvalue weighted by Gasteiger charge is 2.16. The number of carbonyl (C=O) groups is 2. The first kappa shape index (κ1) is 24.9. The van der Waals surface area contributed by atoms with Crippen molar-refractivity contribution >= 4 is 29.0 Å². The van der Waals surface area contributed by atoms with Crippen molar-refractivity contribution in [2.24, 2.45) is 0 Å². The highest BCUT2D eigenvalue weighted by atomic mass is 16.5. The van der Waals surface area contributed by atoms with E-state index in [1.54, 1.807) is 30.3 Å². The lowest BCUT2D eigenvalue weighted by molar-refractivity contribution is 0.101. The third-order valence-corrected chi connectivity index (χ3v) is 6.16. The maximum absolute atomic E-state index is 13.0. The molecule has 1 saturated heterocycles. The fourth-order valence-electron chi connectivity index (χ4n) is 3.98. The lowest BCUT2D eigenvalue weighted by atomic mass is 9.96. The number of ether oxygens (including phenoxy) is 1. The average Bonchev–Trinajstić information content (AvgIpc) is 2.91. The van der Waals surface area contributed by atoms with E-state index in [1.807, 2.05) is 44.2 Å². The Kier molecular flexibility index (Phi) is 7.93. The summed E-state index contributed by atoms with van der Waals surface area (Å²) in [4.78, 5) is 32.5. The zero-order valence-electron chi connectivity index (χ0n) is 20.5. The smallest absolute Gasteiger partial charge is 0.274 e. The van der Waals surface area contributed by atoms with Crippen LogP contribution >= 0.6 is 0 Å². The molecule has 1 aromatic heterocycles. The zero-order valence-corrected chi connectivity index (χ0v) is 20.5. The topological polar surface area (TPSA) is 107 Å². The molecule has 0 aliphatic carbocycles. The Labute approximate surface area is 210 Å². The third-order valence-electron chi connectivity index (χ3n) is 6.16. The van der Waals surface area contributed by atoms with E-state index in [2.05, 4.69) is 26.6 Å². The summed E-state index contributed by atoms with van der Waals surface area (Å²) in [6.07, 6.45) is 0.385. The standard InChI is InChI=1S/C28H29N5O3/c1-19(11-12-29)21-5-3-6-22(17-21)27(34)30-23-10-9-20(2)25(18-23)32-28(35)24-7-4-8-26(31-24)33-13-15-36-16-14-33/h3-10,17-19H,11,13-16H2,1-2H3,(H,30,34)(H,32,35). The Balaban J connectivity index is 1.46. The second-order valence-electron chi connectivity index (χ2n) is 8.81. The van der Waals surface area contributed by atoms with Gasteiger partial charge < -0.3 is 20.3 Å². The third kappa shape index (κ3) is 6.06. The summed E-state index contributed by atoms with van der Waals surface area (Å²) in [6, 6.07) is 20.2. The monoisotopic (exact) mass is 483 g/mol. The average molecular weight is 484 g/mol. The highest BCUT2D eigenvalue weighted by Crippen LogP contribution is 2.24. The number of anilines is 3. The number of nitriles is 1. The minimum Gasteiger partial charge on any atom is -0.378 e. The van der Waals surface area contributed by atoms with Crippen molar-refractivity contribution in [3.05, 3.63) is 83.0 Å². The van der Waals surface area contributed by atoms with Gasteiger partial charge in [-0.05, 0) is 60.4 Å². The molecule has 2 amide bonds. The molecule has 0 saturated carbocycles. The molecule has 3 aromatic rings. The normalized spacial score (nSPS) is 14.0. The first-order valence-corrected chi connectivity index (χ1v) is 11.9. The van der Waals surface area contributed by atoms with Crippen LogP contribution in [-0.2, 0) is 4.74 Å². The van der Waals surface area contributed by atoms with Gasteiger partial charge in [-0.15, -0.1) is 0 Å². The molecule has 1 aliphatic heterocycles. The molecule has 184 valence electrons. The minimum absolute atomic E-state index is 0.0410. The molecule has 2 aromatic carbocycles. The quantitative estimate of drug-likeness (QED) is 0.502. The molecule has 8 heteroatoms. The molecule has 0 bridgehead atoms. The van der Waals surface area contributed by atoms with Crippen molar-refractivity contribution in [1.82, 2.24) is 4.98 Å². The highest BCUT2D eigenvalue weighted by molar-refractivity contribution is 6.06. The minimum atomic E-state index is -0.323. The summed E-state index contributed by atoms with van der Waals surface area (Å²) in [7, 11) is 0. The molecule has 1 fully saturated rings. The van der Waals surface area contributed by atoms with Crippen LogP contribution in [0.15, 0.2) is 60.7 Å². The number of carbonyl (C=O) groups excluding carboxylic acids is 2. The van der Waals surface area contributed by atoms with Crippen LogP contribution in [0.5, 0.6) is 0 Å². The Hall–Kier alpha value is -4.22. The molecule has 1 unspecified atom stereocenters. The van der Waals surface area contributed by atoms with Gasteiger partial charge in [0, 0.05) is 36.4 Å². The van der Waals surface area contributed by atoms with Crippen LogP contribution in [0.1, 0.15) is 51.2 Å². The molecule has 0 radical (unpaired) electrons. The molecule has 1 atom stereocenters. The van der Waals surface area contributed by atoms with Gasteiger partial charge in [-0.2, -0.15) is 5.26 Å². The summed E-state index contributed by atoms with van der Waals surface area (Å²) in [6.45, 7) is 6.59. The maximum Gasteiger partial charge on any atom is 0.274 e. The molecular weight excluding hydrogens is 454 g/mol. The molecule has 36 heavy (non-hydrogen) atoms. The van der Waals surface area contributed by atoms with Crippen LogP contribution in [0.25, 0.3) is 0 Å². The van der Waals surface area contributed by atoms with Crippen LogP contribution < -0.4 is 15.5 Å². The predicted octanol–water partition coefficient (Wildman–Crippen LogP) is 4.75. The molecule has 1 aliphatic rings. The molecule has 4 rings (SSSR count). The molecular formula is C28H29N5O3. The first-order chi connectivity index (χ1) is 17.4. The summed E-state index contributed by atoms with van der Waals surface area (Å²) >= 11 is 0. The Morgan fingerprint density at radius 2 is 1.83 bits per heavy atom. The number of nitrogens with one attached hydrogen (secondary N) is 2. The van der Waals surface area contributed by atoms with Crippen LogP contribution in [0.2, 0.25) is 0 Å². The van der Waals surface area contributed by atoms with Gasteiger partial charge in [-0.25, -0.2) is 4.98 Å². The van der Waals surface area contributed by atoms with E-state index in [9.17, 15) is 9.59 Å². The number of hydrogen-bond donors (Lipinski definition) is 2. The molecule has 2 heterocycles. The van der Waals surface area contributed by atoms with Gasteiger partial charge in [0.25, 0.3) is 11.8 Å². The predicted molar refractivity (Wildman–Crippen MR) is 139 cm³/mol. The Morgan fingerprint density at radius 1 is 1.06 bits per heavy atom. The number of rotatable bonds is 7. The number of pyridine rings is 1. The van der Waals surface area contributed by atoms with Crippen LogP contribution in [-0.4, -0.2) is 43.1 Å². The van der Waals surface area contributed by atoms with E-state index in [0.717, 1.165) is 30.0 Å². The Bertz CT molecular complexity index is 1290. The van der Waals surface area contributed by atoms with Gasteiger partial charge >= 0.3 is 0 Å². The number of aromatic nitrogens is 1. The van der Waals surface area contributed by atoms with Crippen molar-refractivity contribution in [2.45, 2.75) is 26.2 Å². The SMILES string of the molecule is Cc1ccc(NC(=O)c2cccc(C(C)CC#N)c2)cc1NC(=O)c1cccc(N2CCOCC2)n1. The van der Waals surface area contributed by atoms with Crippen molar-refractivity contribution in [1.29, 1.82) is 5.26 Å². The van der Waals surface area contributed by atoms with E-state index in [4.69, 9.17) is 10.00 Å². The first-order valence-electron chi connectivity index (χ1n) is 11.9. The summed E-state index contributed by atoms with van der Waals surface area (Å²) < 4.78 is 5.39. The zero-order chi connectivity index (χ0) is 25.5. The van der Waals surface area contributed by atoms with Crippen molar-refractivity contribution < 1.29 is 14.3 Å². The van der Waals surface area contributed by atoms with Crippen molar-refractivity contribution in [3.63, 3.8) is 0 Å². The van der Waals surface area contributed by atoms with Crippen molar-refractivity contribution in [3.8, 4) is 6.07 Å². The van der Waals surface area contributed by atoms with Gasteiger partial charge in [-0.1, -0.05) is 31.2 Å². The summed E-state index contributed by atoms with van der Waals surface area (Å²) in [5.41, 5.74) is 3.77. The molecule has 0 spiro atoms. The van der Waals surface area contributed by atoms with E-state index in [1.165, 1.54) is 0 Å². The summed E-state index contributed by atoms with van der Waals surface area (Å²) in [5.74, 6) is 0.201. The fourth-order valence-corrected chi connectivity index (χ4v) is 3.98. The van der Waals surface area contributed by atoms with E-state index in [0.29, 0.717) is 42.3 Å². The largest absolute Gasteiger partial charge is 0.378 e. The van der Waals surface area contributed by atoms with Gasteiger partial charge in [0.05, 0.1) is 19.3 Å². The van der Waals surface area contributed by atoms with Crippen LogP contribution in [0.3, 0.4) is 0 Å². The second-order valence-corrected chi connectivity index (χ2v) is 8.81. The lowest BCUT2D eigenvalue weighted by Crippen LogP contribution is -2.37. The number of nitrogens with zero attached hydrogens (tertiary/aromatic N) is 3. The van der Waals surface area contributed by atoms with Crippen LogP contribution in [0, 0.1) is 18.3 Å². The van der Waals surface area contributed by atoms with Gasteiger partial charge in [-0.3, -0.25) is 9.59 Å². The number of aryl methyl sites for hydroxylation is 1.